The van der Waals surface area contributed by atoms with Crippen LogP contribution in [0.3, 0.4) is 0 Å². The van der Waals surface area contributed by atoms with Crippen LogP contribution in [0, 0.1) is 11.8 Å². The molecule has 3 atom stereocenters. The molecule has 1 saturated heterocycles. The minimum absolute atomic E-state index is 0.0571. The first-order valence-electron chi connectivity index (χ1n) is 4.40. The van der Waals surface area contributed by atoms with Gasteiger partial charge in [0.25, 0.3) is 0 Å². The summed E-state index contributed by atoms with van der Waals surface area (Å²) in [6.45, 7) is 1.46. The van der Waals surface area contributed by atoms with Crippen molar-refractivity contribution in [2.45, 2.75) is 12.5 Å². The Balaban J connectivity index is 2.13. The molecule has 2 rings (SSSR count). The molecule has 0 aromatic heterocycles. The highest BCUT2D eigenvalue weighted by atomic mass is 16.5. The van der Waals surface area contributed by atoms with Crippen molar-refractivity contribution in [1.29, 1.82) is 0 Å². The molecule has 0 aromatic rings. The maximum atomic E-state index is 9.58. The molecule has 0 saturated carbocycles. The van der Waals surface area contributed by atoms with E-state index in [0.717, 1.165) is 18.6 Å². The molecule has 0 bridgehead atoms. The summed E-state index contributed by atoms with van der Waals surface area (Å²) in [6.07, 6.45) is 2.33. The standard InChI is InChI=1S/C9H14O3/c10-4-6-3-9(11)7-1-2-12-5-8(6)7/h3,7-11H,1-2,4-5H2/t7-,8-,9-/m0/s1. The zero-order valence-corrected chi connectivity index (χ0v) is 6.94. The molecule has 2 aliphatic rings. The van der Waals surface area contributed by atoms with Crippen molar-refractivity contribution in [2.24, 2.45) is 11.8 Å². The van der Waals surface area contributed by atoms with Crippen LogP contribution in [-0.2, 0) is 4.74 Å². The van der Waals surface area contributed by atoms with Gasteiger partial charge in [-0.15, -0.1) is 0 Å². The van der Waals surface area contributed by atoms with Gasteiger partial charge in [-0.05, 0) is 17.9 Å². The molecule has 0 amide bonds. The van der Waals surface area contributed by atoms with E-state index in [1.165, 1.54) is 0 Å². The summed E-state index contributed by atoms with van der Waals surface area (Å²) in [5.74, 6) is 0.555. The van der Waals surface area contributed by atoms with Crippen molar-refractivity contribution < 1.29 is 14.9 Å². The van der Waals surface area contributed by atoms with Crippen LogP contribution >= 0.6 is 0 Å². The molecule has 1 fully saturated rings. The van der Waals surface area contributed by atoms with Gasteiger partial charge >= 0.3 is 0 Å². The first-order chi connectivity index (χ1) is 5.83. The number of fused-ring (bicyclic) bond motifs is 1. The van der Waals surface area contributed by atoms with Crippen LogP contribution in [-0.4, -0.2) is 36.1 Å². The van der Waals surface area contributed by atoms with Gasteiger partial charge in [0.05, 0.1) is 19.3 Å². The second kappa shape index (κ2) is 3.17. The second-order valence-corrected chi connectivity index (χ2v) is 3.52. The molecule has 2 N–H and O–H groups in total. The quantitative estimate of drug-likeness (QED) is 0.542. The van der Waals surface area contributed by atoms with Gasteiger partial charge in [-0.25, -0.2) is 0 Å². The second-order valence-electron chi connectivity index (χ2n) is 3.52. The zero-order valence-electron chi connectivity index (χ0n) is 6.94. The third-order valence-electron chi connectivity index (χ3n) is 2.89. The molecule has 1 aliphatic heterocycles. The van der Waals surface area contributed by atoms with Crippen molar-refractivity contribution in [1.82, 2.24) is 0 Å². The summed E-state index contributed by atoms with van der Waals surface area (Å²) in [5, 5.41) is 18.6. The Morgan fingerprint density at radius 2 is 2.42 bits per heavy atom. The third kappa shape index (κ3) is 1.18. The van der Waals surface area contributed by atoms with Crippen LogP contribution in [0.15, 0.2) is 11.6 Å². The first-order valence-corrected chi connectivity index (χ1v) is 4.40. The SMILES string of the molecule is OCC1=C[C@H](O)[C@H]2CCOC[C@@H]12. The van der Waals surface area contributed by atoms with Crippen molar-refractivity contribution >= 4 is 0 Å². The molecule has 0 aromatic carbocycles. The summed E-state index contributed by atoms with van der Waals surface area (Å²) >= 11 is 0. The van der Waals surface area contributed by atoms with Gasteiger partial charge in [0.1, 0.15) is 0 Å². The molecule has 12 heavy (non-hydrogen) atoms. The van der Waals surface area contributed by atoms with E-state index in [-0.39, 0.29) is 18.6 Å². The summed E-state index contributed by atoms with van der Waals surface area (Å²) < 4.78 is 5.30. The van der Waals surface area contributed by atoms with Crippen molar-refractivity contribution in [2.75, 3.05) is 19.8 Å². The van der Waals surface area contributed by atoms with Crippen molar-refractivity contribution in [3.05, 3.63) is 11.6 Å². The lowest BCUT2D eigenvalue weighted by molar-refractivity contribution is 0.000635. The summed E-state index contributed by atoms with van der Waals surface area (Å²) in [5.41, 5.74) is 0.951. The molecule has 0 unspecified atom stereocenters. The predicted molar refractivity (Wildman–Crippen MR) is 43.6 cm³/mol. The molecule has 3 heteroatoms. The monoisotopic (exact) mass is 170 g/mol. The minimum Gasteiger partial charge on any atom is -0.392 e. The smallest absolute Gasteiger partial charge is 0.0760 e. The summed E-state index contributed by atoms with van der Waals surface area (Å²) in [6, 6.07) is 0. The van der Waals surface area contributed by atoms with E-state index in [4.69, 9.17) is 9.84 Å². The first kappa shape index (κ1) is 8.23. The molecular formula is C9H14O3. The Labute approximate surface area is 71.7 Å². The molecule has 0 spiro atoms. The number of hydrogen-bond acceptors (Lipinski definition) is 3. The van der Waals surface area contributed by atoms with Gasteiger partial charge in [0, 0.05) is 12.5 Å². The van der Waals surface area contributed by atoms with Crippen LogP contribution in [0.2, 0.25) is 0 Å². The van der Waals surface area contributed by atoms with Crippen LogP contribution < -0.4 is 0 Å². The highest BCUT2D eigenvalue weighted by Crippen LogP contribution is 2.36. The lowest BCUT2D eigenvalue weighted by Crippen LogP contribution is -2.31. The fourth-order valence-corrected chi connectivity index (χ4v) is 2.18. The van der Waals surface area contributed by atoms with E-state index in [1.807, 2.05) is 0 Å². The molecule has 1 heterocycles. The fraction of sp³-hybridized carbons (Fsp3) is 0.778. The van der Waals surface area contributed by atoms with E-state index in [1.54, 1.807) is 6.08 Å². The van der Waals surface area contributed by atoms with Crippen LogP contribution in [0.4, 0.5) is 0 Å². The molecule has 3 nitrogen and oxygen atoms in total. The lowest BCUT2D eigenvalue weighted by Gasteiger charge is -2.28. The van der Waals surface area contributed by atoms with Crippen molar-refractivity contribution in [3.8, 4) is 0 Å². The molecular weight excluding hydrogens is 156 g/mol. The van der Waals surface area contributed by atoms with E-state index in [9.17, 15) is 5.11 Å². The minimum atomic E-state index is -0.360. The Bertz CT molecular complexity index is 200. The van der Waals surface area contributed by atoms with Crippen molar-refractivity contribution in [3.63, 3.8) is 0 Å². The normalized spacial score (nSPS) is 40.8. The molecule has 68 valence electrons. The zero-order chi connectivity index (χ0) is 8.55. The lowest BCUT2D eigenvalue weighted by atomic mass is 9.87. The summed E-state index contributed by atoms with van der Waals surface area (Å²) in [7, 11) is 0. The summed E-state index contributed by atoms with van der Waals surface area (Å²) in [4.78, 5) is 0. The third-order valence-corrected chi connectivity index (χ3v) is 2.89. The topological polar surface area (TPSA) is 49.7 Å². The van der Waals surface area contributed by atoms with Crippen LogP contribution in [0.25, 0.3) is 0 Å². The van der Waals surface area contributed by atoms with E-state index >= 15 is 0 Å². The predicted octanol–water partition coefficient (Wildman–Crippen LogP) is -0.0677. The Morgan fingerprint density at radius 1 is 1.58 bits per heavy atom. The Kier molecular flexibility index (Phi) is 2.17. The number of hydrogen-bond donors (Lipinski definition) is 2. The number of aliphatic hydroxyl groups excluding tert-OH is 2. The highest BCUT2D eigenvalue weighted by Gasteiger charge is 2.37. The average molecular weight is 170 g/mol. The van der Waals surface area contributed by atoms with E-state index < -0.39 is 0 Å². The fourth-order valence-electron chi connectivity index (χ4n) is 2.18. The highest BCUT2D eigenvalue weighted by molar-refractivity contribution is 5.20. The van der Waals surface area contributed by atoms with Crippen LogP contribution in [0.5, 0.6) is 0 Å². The number of rotatable bonds is 1. The van der Waals surface area contributed by atoms with Gasteiger partial charge in [0.2, 0.25) is 0 Å². The maximum absolute atomic E-state index is 9.58. The largest absolute Gasteiger partial charge is 0.392 e. The van der Waals surface area contributed by atoms with E-state index in [0.29, 0.717) is 12.5 Å². The van der Waals surface area contributed by atoms with Gasteiger partial charge in [0.15, 0.2) is 0 Å². The van der Waals surface area contributed by atoms with Gasteiger partial charge < -0.3 is 14.9 Å². The molecule has 0 radical (unpaired) electrons. The Hall–Kier alpha value is -0.380. The number of aliphatic hydroxyl groups is 2. The maximum Gasteiger partial charge on any atom is 0.0760 e. The van der Waals surface area contributed by atoms with Gasteiger partial charge in [-0.1, -0.05) is 6.08 Å². The number of ether oxygens (including phenoxy) is 1. The molecule has 1 aliphatic carbocycles. The average Bonchev–Trinajstić information content (AvgIpc) is 2.44. The Morgan fingerprint density at radius 3 is 3.17 bits per heavy atom. The van der Waals surface area contributed by atoms with E-state index in [2.05, 4.69) is 0 Å². The van der Waals surface area contributed by atoms with Crippen LogP contribution in [0.1, 0.15) is 6.42 Å². The van der Waals surface area contributed by atoms with Gasteiger partial charge in [-0.3, -0.25) is 0 Å². The van der Waals surface area contributed by atoms with Gasteiger partial charge in [-0.2, -0.15) is 0 Å².